The predicted molar refractivity (Wildman–Crippen MR) is 107 cm³/mol. The van der Waals surface area contributed by atoms with E-state index in [0.717, 1.165) is 46.9 Å². The van der Waals surface area contributed by atoms with E-state index < -0.39 is 0 Å². The molecule has 0 radical (unpaired) electrons. The summed E-state index contributed by atoms with van der Waals surface area (Å²) < 4.78 is 0. The highest BCUT2D eigenvalue weighted by Gasteiger charge is 2.30. The molecular weight excluding hydrogens is 330 g/mol. The Morgan fingerprint density at radius 2 is 1.88 bits per heavy atom. The van der Waals surface area contributed by atoms with E-state index in [1.54, 1.807) is 0 Å². The smallest absolute Gasteiger partial charge is 0.172 e. The number of nitrogens with one attached hydrogen (secondary N) is 2. The quantitative estimate of drug-likeness (QED) is 0.721. The van der Waals surface area contributed by atoms with Crippen LogP contribution in [0, 0.1) is 0 Å². The van der Waals surface area contributed by atoms with Crippen LogP contribution in [-0.2, 0) is 12.8 Å². The van der Waals surface area contributed by atoms with Crippen LogP contribution < -0.4 is 21.3 Å². The number of rotatable bonds is 2. The number of thiocarbonyl (C=S) groups is 1. The maximum atomic E-state index is 6.60. The molecule has 5 nitrogen and oxygen atoms in total. The van der Waals surface area contributed by atoms with Crippen molar-refractivity contribution in [1.29, 1.82) is 0 Å². The molecule has 0 saturated carbocycles. The Labute approximate surface area is 153 Å². The third-order valence-corrected chi connectivity index (χ3v) is 5.31. The van der Waals surface area contributed by atoms with Crippen molar-refractivity contribution >= 4 is 34.5 Å². The van der Waals surface area contributed by atoms with Gasteiger partial charge >= 0.3 is 0 Å². The van der Waals surface area contributed by atoms with E-state index >= 15 is 0 Å². The van der Waals surface area contributed by atoms with Gasteiger partial charge in [-0.05, 0) is 61.2 Å². The van der Waals surface area contributed by atoms with E-state index in [0.29, 0.717) is 5.11 Å². The zero-order valence-electron chi connectivity index (χ0n) is 14.6. The highest BCUT2D eigenvalue weighted by molar-refractivity contribution is 7.80. The average molecular weight is 353 g/mol. The number of fused-ring (bicyclic) bond motifs is 2. The lowest BCUT2D eigenvalue weighted by Gasteiger charge is -2.32. The van der Waals surface area contributed by atoms with Crippen LogP contribution in [0.2, 0.25) is 0 Å². The first kappa shape index (κ1) is 16.1. The van der Waals surface area contributed by atoms with Crippen molar-refractivity contribution in [3.05, 3.63) is 46.6 Å². The Bertz CT molecular complexity index is 829. The van der Waals surface area contributed by atoms with Gasteiger partial charge in [0.1, 0.15) is 5.82 Å². The van der Waals surface area contributed by atoms with Crippen molar-refractivity contribution in [2.75, 3.05) is 30.0 Å². The third-order valence-electron chi connectivity index (χ3n) is 5.09. The van der Waals surface area contributed by atoms with Crippen molar-refractivity contribution in [1.82, 2.24) is 10.3 Å². The van der Waals surface area contributed by atoms with E-state index in [1.165, 1.54) is 18.4 Å². The normalized spacial score (nSPS) is 18.6. The number of aromatic nitrogens is 1. The highest BCUT2D eigenvalue weighted by atomic mass is 32.1. The molecule has 130 valence electrons. The van der Waals surface area contributed by atoms with Crippen molar-refractivity contribution in [3.63, 3.8) is 0 Å². The van der Waals surface area contributed by atoms with Crippen molar-refractivity contribution in [2.45, 2.75) is 31.7 Å². The fourth-order valence-electron chi connectivity index (χ4n) is 3.74. The lowest BCUT2D eigenvalue weighted by atomic mass is 9.88. The molecule has 0 saturated heterocycles. The van der Waals surface area contributed by atoms with Gasteiger partial charge in [0, 0.05) is 36.7 Å². The van der Waals surface area contributed by atoms with E-state index in [1.807, 2.05) is 14.1 Å². The summed E-state index contributed by atoms with van der Waals surface area (Å²) in [6.07, 6.45) is 4.37. The summed E-state index contributed by atoms with van der Waals surface area (Å²) in [7, 11) is 4.08. The van der Waals surface area contributed by atoms with Crippen molar-refractivity contribution in [3.8, 4) is 0 Å². The number of nitrogen functional groups attached to an aromatic ring is 1. The first-order valence-electron chi connectivity index (χ1n) is 8.70. The molecule has 4 rings (SSSR count). The lowest BCUT2D eigenvalue weighted by molar-refractivity contribution is 0.662. The molecule has 0 amide bonds. The molecule has 0 bridgehead atoms. The third kappa shape index (κ3) is 2.80. The Morgan fingerprint density at radius 1 is 1.16 bits per heavy atom. The standard InChI is InChI=1S/C19H23N5S/c1-24(2)12-9-7-11(8-10-12)17-15-16(20)13-5-3-4-6-14(13)21-18(15)23-19(25)22-17/h7-10,17H,3-6H2,1-2H3,(H4,20,21,22,23,25). The molecule has 1 atom stereocenters. The number of anilines is 3. The largest absolute Gasteiger partial charge is 0.398 e. The molecule has 1 aromatic heterocycles. The van der Waals surface area contributed by atoms with Gasteiger partial charge in [0.05, 0.1) is 6.04 Å². The number of hydrogen-bond acceptors (Lipinski definition) is 4. The van der Waals surface area contributed by atoms with E-state index in [2.05, 4.69) is 39.8 Å². The van der Waals surface area contributed by atoms with Gasteiger partial charge in [-0.1, -0.05) is 12.1 Å². The van der Waals surface area contributed by atoms with Crippen molar-refractivity contribution in [2.24, 2.45) is 0 Å². The summed E-state index contributed by atoms with van der Waals surface area (Å²) in [4.78, 5) is 6.95. The summed E-state index contributed by atoms with van der Waals surface area (Å²) in [6.45, 7) is 0. The minimum Gasteiger partial charge on any atom is -0.398 e. The first-order chi connectivity index (χ1) is 12.0. The number of benzene rings is 1. The van der Waals surface area contributed by atoms with Gasteiger partial charge in [0.2, 0.25) is 0 Å². The van der Waals surface area contributed by atoms with Crippen molar-refractivity contribution < 1.29 is 0 Å². The SMILES string of the molecule is CN(C)c1ccc(C2NC(=S)Nc3nc4c(c(N)c32)CCCC4)cc1. The second-order valence-electron chi connectivity index (χ2n) is 6.94. The van der Waals surface area contributed by atoms with E-state index in [9.17, 15) is 0 Å². The number of pyridine rings is 1. The Kier molecular flexibility index (Phi) is 4.00. The Balaban J connectivity index is 1.82. The van der Waals surface area contributed by atoms with Crippen LogP contribution in [0.15, 0.2) is 24.3 Å². The van der Waals surface area contributed by atoms with Crippen LogP contribution in [0.3, 0.4) is 0 Å². The van der Waals surface area contributed by atoms with Crippen LogP contribution >= 0.6 is 12.2 Å². The molecule has 0 fully saturated rings. The highest BCUT2D eigenvalue weighted by Crippen LogP contribution is 2.39. The summed E-state index contributed by atoms with van der Waals surface area (Å²) in [5.41, 5.74) is 13.1. The van der Waals surface area contributed by atoms with Gasteiger partial charge in [0.15, 0.2) is 5.11 Å². The molecule has 1 aliphatic heterocycles. The monoisotopic (exact) mass is 353 g/mol. The maximum absolute atomic E-state index is 6.60. The fraction of sp³-hybridized carbons (Fsp3) is 0.368. The minimum absolute atomic E-state index is 0.0697. The number of hydrogen-bond donors (Lipinski definition) is 3. The summed E-state index contributed by atoms with van der Waals surface area (Å²) in [6, 6.07) is 8.42. The number of nitrogens with zero attached hydrogens (tertiary/aromatic N) is 2. The maximum Gasteiger partial charge on any atom is 0.172 e. The van der Waals surface area contributed by atoms with E-state index in [-0.39, 0.29) is 6.04 Å². The first-order valence-corrected chi connectivity index (χ1v) is 9.11. The summed E-state index contributed by atoms with van der Waals surface area (Å²) >= 11 is 5.41. The lowest BCUT2D eigenvalue weighted by Crippen LogP contribution is -2.39. The van der Waals surface area contributed by atoms with Gasteiger partial charge < -0.3 is 21.3 Å². The molecule has 2 heterocycles. The zero-order chi connectivity index (χ0) is 17.6. The fourth-order valence-corrected chi connectivity index (χ4v) is 3.95. The Hall–Kier alpha value is -2.34. The van der Waals surface area contributed by atoms with Crippen LogP contribution in [0.1, 0.15) is 41.3 Å². The Morgan fingerprint density at radius 3 is 2.60 bits per heavy atom. The zero-order valence-corrected chi connectivity index (χ0v) is 15.4. The molecule has 2 aromatic rings. The van der Waals surface area contributed by atoms with Gasteiger partial charge in [-0.25, -0.2) is 4.98 Å². The summed E-state index contributed by atoms with van der Waals surface area (Å²) in [5, 5.41) is 7.17. The van der Waals surface area contributed by atoms with Gasteiger partial charge in [0.25, 0.3) is 0 Å². The molecule has 4 N–H and O–H groups in total. The molecule has 6 heteroatoms. The van der Waals surface area contributed by atoms with E-state index in [4.69, 9.17) is 22.9 Å². The van der Waals surface area contributed by atoms with Crippen LogP contribution in [-0.4, -0.2) is 24.2 Å². The van der Waals surface area contributed by atoms with Gasteiger partial charge in [-0.2, -0.15) is 0 Å². The molecule has 1 aliphatic carbocycles. The number of aryl methyl sites for hydroxylation is 1. The second kappa shape index (κ2) is 6.19. The van der Waals surface area contributed by atoms with Gasteiger partial charge in [-0.3, -0.25) is 0 Å². The second-order valence-corrected chi connectivity index (χ2v) is 7.35. The molecule has 2 aliphatic rings. The minimum atomic E-state index is -0.0697. The van der Waals surface area contributed by atoms with Crippen LogP contribution in [0.4, 0.5) is 17.2 Å². The molecule has 0 spiro atoms. The molecule has 1 aromatic carbocycles. The summed E-state index contributed by atoms with van der Waals surface area (Å²) in [5.74, 6) is 0.809. The molecular formula is C19H23N5S. The van der Waals surface area contributed by atoms with Crippen LogP contribution in [0.5, 0.6) is 0 Å². The number of nitrogens with two attached hydrogens (primary N) is 1. The molecule has 25 heavy (non-hydrogen) atoms. The average Bonchev–Trinajstić information content (AvgIpc) is 2.61. The van der Waals surface area contributed by atoms with Crippen LogP contribution in [0.25, 0.3) is 0 Å². The topological polar surface area (TPSA) is 66.2 Å². The molecule has 1 unspecified atom stereocenters. The van der Waals surface area contributed by atoms with Gasteiger partial charge in [-0.15, -0.1) is 0 Å². The predicted octanol–water partition coefficient (Wildman–Crippen LogP) is 3.00.